The number of benzene rings is 2. The number of fused-ring (bicyclic) bond motifs is 1. The molecule has 1 unspecified atom stereocenters. The van der Waals surface area contributed by atoms with Crippen molar-refractivity contribution in [2.45, 2.75) is 19.4 Å². The van der Waals surface area contributed by atoms with Crippen LogP contribution >= 0.6 is 11.6 Å². The quantitative estimate of drug-likeness (QED) is 0.624. The van der Waals surface area contributed by atoms with E-state index >= 15 is 0 Å². The van der Waals surface area contributed by atoms with Gasteiger partial charge in [0.05, 0.1) is 10.7 Å². The Balaban J connectivity index is 1.82. The van der Waals surface area contributed by atoms with Crippen molar-refractivity contribution < 1.29 is 9.59 Å². The number of hydrogen-bond acceptors (Lipinski definition) is 3. The lowest BCUT2D eigenvalue weighted by molar-refractivity contribution is -0.134. The van der Waals surface area contributed by atoms with Gasteiger partial charge >= 0.3 is 11.8 Å². The van der Waals surface area contributed by atoms with Crippen molar-refractivity contribution in [1.82, 2.24) is 0 Å². The minimum absolute atomic E-state index is 0.0625. The van der Waals surface area contributed by atoms with Gasteiger partial charge in [0.15, 0.2) is 0 Å². The van der Waals surface area contributed by atoms with Crippen LogP contribution in [0.3, 0.4) is 0 Å². The summed E-state index contributed by atoms with van der Waals surface area (Å²) in [5.74, 6) is -1.32. The highest BCUT2D eigenvalue weighted by Gasteiger charge is 2.34. The Morgan fingerprint density at radius 3 is 2.74 bits per heavy atom. The van der Waals surface area contributed by atoms with E-state index in [4.69, 9.17) is 17.3 Å². The average Bonchev–Trinajstić information content (AvgIpc) is 2.85. The first-order valence-corrected chi connectivity index (χ1v) is 7.62. The van der Waals surface area contributed by atoms with Crippen LogP contribution in [0.2, 0.25) is 5.02 Å². The van der Waals surface area contributed by atoms with Crippen LogP contribution in [0.15, 0.2) is 42.5 Å². The number of rotatable bonds is 1. The Morgan fingerprint density at radius 1 is 1.26 bits per heavy atom. The molecule has 6 heteroatoms. The number of para-hydroxylation sites is 1. The summed E-state index contributed by atoms with van der Waals surface area (Å²) in [6, 6.07) is 12.2. The van der Waals surface area contributed by atoms with Crippen molar-refractivity contribution in [3.63, 3.8) is 0 Å². The molecule has 0 saturated heterocycles. The predicted octanol–water partition coefficient (Wildman–Crippen LogP) is 2.84. The van der Waals surface area contributed by atoms with Gasteiger partial charge in [-0.25, -0.2) is 0 Å². The number of carbonyl (C=O) groups is 2. The molecule has 1 atom stereocenters. The van der Waals surface area contributed by atoms with Crippen molar-refractivity contribution in [3.05, 3.63) is 53.1 Å². The standard InChI is InChI=1S/C17H16ClN3O2/c1-10-8-11-4-2-3-5-15(11)21(10)17(23)16(22)20-14-7-6-12(19)9-13(14)18/h2-7,9-10H,8,19H2,1H3,(H,20,22). The van der Waals surface area contributed by atoms with Gasteiger partial charge in [0.1, 0.15) is 0 Å². The average molecular weight is 330 g/mol. The lowest BCUT2D eigenvalue weighted by atomic mass is 10.1. The zero-order chi connectivity index (χ0) is 16.6. The van der Waals surface area contributed by atoms with Crippen molar-refractivity contribution in [2.24, 2.45) is 0 Å². The maximum Gasteiger partial charge on any atom is 0.316 e. The van der Waals surface area contributed by atoms with E-state index in [1.165, 1.54) is 11.0 Å². The van der Waals surface area contributed by atoms with Crippen molar-refractivity contribution in [3.8, 4) is 0 Å². The summed E-state index contributed by atoms with van der Waals surface area (Å²) in [5.41, 5.74) is 8.31. The number of carbonyl (C=O) groups excluding carboxylic acids is 2. The Kier molecular flexibility index (Phi) is 3.96. The van der Waals surface area contributed by atoms with E-state index in [0.717, 1.165) is 17.7 Å². The molecule has 3 rings (SSSR count). The lowest BCUT2D eigenvalue weighted by Gasteiger charge is -2.22. The van der Waals surface area contributed by atoms with Gasteiger partial charge in [-0.2, -0.15) is 0 Å². The highest BCUT2D eigenvalue weighted by Crippen LogP contribution is 2.32. The maximum atomic E-state index is 12.5. The van der Waals surface area contributed by atoms with E-state index in [1.54, 1.807) is 12.1 Å². The normalized spacial score (nSPS) is 16.1. The van der Waals surface area contributed by atoms with Gasteiger partial charge in [0.2, 0.25) is 0 Å². The van der Waals surface area contributed by atoms with E-state index in [1.807, 2.05) is 31.2 Å². The third kappa shape index (κ3) is 2.87. The molecule has 1 heterocycles. The molecule has 3 N–H and O–H groups in total. The van der Waals surface area contributed by atoms with E-state index in [-0.39, 0.29) is 6.04 Å². The molecule has 118 valence electrons. The Labute approximate surface area is 139 Å². The fourth-order valence-electron chi connectivity index (χ4n) is 2.79. The number of anilines is 3. The molecule has 1 aliphatic heterocycles. The van der Waals surface area contributed by atoms with Gasteiger partial charge in [0, 0.05) is 17.4 Å². The number of halogens is 1. The topological polar surface area (TPSA) is 75.4 Å². The summed E-state index contributed by atoms with van der Waals surface area (Å²) < 4.78 is 0. The molecule has 0 aromatic heterocycles. The minimum Gasteiger partial charge on any atom is -0.399 e. The van der Waals surface area contributed by atoms with Crippen LogP contribution in [0.5, 0.6) is 0 Å². The molecule has 0 spiro atoms. The minimum atomic E-state index is -0.722. The SMILES string of the molecule is CC1Cc2ccccc2N1C(=O)C(=O)Nc1ccc(N)cc1Cl. The third-order valence-electron chi connectivity index (χ3n) is 3.86. The molecular weight excluding hydrogens is 314 g/mol. The molecule has 0 aliphatic carbocycles. The summed E-state index contributed by atoms with van der Waals surface area (Å²) in [6.45, 7) is 1.92. The van der Waals surface area contributed by atoms with Crippen molar-refractivity contribution >= 4 is 40.5 Å². The van der Waals surface area contributed by atoms with Gasteiger partial charge in [0.25, 0.3) is 0 Å². The highest BCUT2D eigenvalue weighted by molar-refractivity contribution is 6.45. The lowest BCUT2D eigenvalue weighted by Crippen LogP contribution is -2.43. The molecule has 0 radical (unpaired) electrons. The second-order valence-electron chi connectivity index (χ2n) is 5.55. The van der Waals surface area contributed by atoms with Gasteiger partial charge in [-0.1, -0.05) is 29.8 Å². The molecule has 2 aromatic rings. The molecule has 5 nitrogen and oxygen atoms in total. The van der Waals surface area contributed by atoms with Crippen molar-refractivity contribution in [1.29, 1.82) is 0 Å². The highest BCUT2D eigenvalue weighted by atomic mass is 35.5. The Bertz CT molecular complexity index is 791. The van der Waals surface area contributed by atoms with Crippen LogP contribution < -0.4 is 16.0 Å². The first-order valence-electron chi connectivity index (χ1n) is 7.25. The summed E-state index contributed by atoms with van der Waals surface area (Å²) in [5, 5.41) is 2.84. The third-order valence-corrected chi connectivity index (χ3v) is 4.17. The maximum absolute atomic E-state index is 12.5. The zero-order valence-corrected chi connectivity index (χ0v) is 13.3. The van der Waals surface area contributed by atoms with Gasteiger partial charge in [-0.3, -0.25) is 9.59 Å². The van der Waals surface area contributed by atoms with E-state index in [9.17, 15) is 9.59 Å². The van der Waals surface area contributed by atoms with Crippen LogP contribution in [0.1, 0.15) is 12.5 Å². The molecule has 0 bridgehead atoms. The molecule has 0 saturated carbocycles. The monoisotopic (exact) mass is 329 g/mol. The zero-order valence-electron chi connectivity index (χ0n) is 12.5. The Morgan fingerprint density at radius 2 is 2.00 bits per heavy atom. The largest absolute Gasteiger partial charge is 0.399 e. The number of amides is 2. The summed E-state index contributed by atoms with van der Waals surface area (Å²) in [6.07, 6.45) is 0.734. The summed E-state index contributed by atoms with van der Waals surface area (Å²) in [4.78, 5) is 26.4. The second-order valence-corrected chi connectivity index (χ2v) is 5.96. The van der Waals surface area contributed by atoms with E-state index < -0.39 is 11.8 Å². The molecular formula is C17H16ClN3O2. The number of nitrogens with zero attached hydrogens (tertiary/aromatic N) is 1. The molecule has 23 heavy (non-hydrogen) atoms. The summed E-state index contributed by atoms with van der Waals surface area (Å²) >= 11 is 6.03. The van der Waals surface area contributed by atoms with Crippen LogP contribution in [-0.4, -0.2) is 17.9 Å². The molecule has 2 aromatic carbocycles. The van der Waals surface area contributed by atoms with E-state index in [0.29, 0.717) is 16.4 Å². The van der Waals surface area contributed by atoms with Gasteiger partial charge in [-0.15, -0.1) is 0 Å². The van der Waals surface area contributed by atoms with Crippen LogP contribution in [0.25, 0.3) is 0 Å². The van der Waals surface area contributed by atoms with Crippen LogP contribution in [0.4, 0.5) is 17.1 Å². The number of nitrogen functional groups attached to an aromatic ring is 1. The molecule has 1 aliphatic rings. The fraction of sp³-hybridized carbons (Fsp3) is 0.176. The van der Waals surface area contributed by atoms with Crippen molar-refractivity contribution in [2.75, 3.05) is 16.0 Å². The number of nitrogens with two attached hydrogens (primary N) is 1. The molecule has 2 amide bonds. The number of nitrogens with one attached hydrogen (secondary N) is 1. The number of hydrogen-bond donors (Lipinski definition) is 2. The first-order chi connectivity index (χ1) is 11.0. The summed E-state index contributed by atoms with van der Waals surface area (Å²) in [7, 11) is 0. The predicted molar refractivity (Wildman–Crippen MR) is 91.6 cm³/mol. The fourth-order valence-corrected chi connectivity index (χ4v) is 3.03. The van der Waals surface area contributed by atoms with Gasteiger partial charge in [-0.05, 0) is 43.2 Å². The molecule has 0 fully saturated rings. The van der Waals surface area contributed by atoms with Crippen LogP contribution in [-0.2, 0) is 16.0 Å². The van der Waals surface area contributed by atoms with E-state index in [2.05, 4.69) is 5.32 Å². The Hall–Kier alpha value is -2.53. The van der Waals surface area contributed by atoms with Crippen LogP contribution in [0, 0.1) is 0 Å². The smallest absolute Gasteiger partial charge is 0.316 e. The second kappa shape index (κ2) is 5.93. The first kappa shape index (κ1) is 15.4. The van der Waals surface area contributed by atoms with Gasteiger partial charge < -0.3 is 16.0 Å².